The van der Waals surface area contributed by atoms with E-state index in [0.29, 0.717) is 32.4 Å². The van der Waals surface area contributed by atoms with Crippen LogP contribution in [0.15, 0.2) is 59.6 Å². The average molecular weight is 522 g/mol. The first-order valence-corrected chi connectivity index (χ1v) is 12.6. The Bertz CT molecular complexity index is 1560. The molecule has 1 aliphatic rings. The van der Waals surface area contributed by atoms with Gasteiger partial charge < -0.3 is 14.2 Å². The number of aromatic nitrogens is 2. The zero-order valence-corrected chi connectivity index (χ0v) is 19.6. The molecule has 2 heterocycles. The van der Waals surface area contributed by atoms with Crippen LogP contribution in [0.1, 0.15) is 35.4 Å². The van der Waals surface area contributed by atoms with Crippen LogP contribution in [0.5, 0.6) is 5.75 Å². The van der Waals surface area contributed by atoms with Crippen molar-refractivity contribution in [2.45, 2.75) is 29.9 Å². The number of nitrogens with two attached hydrogens (primary N) is 1. The summed E-state index contributed by atoms with van der Waals surface area (Å²) in [6.07, 6.45) is 0.698. The van der Waals surface area contributed by atoms with E-state index in [9.17, 15) is 18.1 Å². The summed E-state index contributed by atoms with van der Waals surface area (Å²) in [5.41, 5.74) is 2.16. The van der Waals surface area contributed by atoms with Crippen LogP contribution in [0, 0.1) is 5.82 Å². The number of benzene rings is 2. The Balaban J connectivity index is 1.67. The van der Waals surface area contributed by atoms with E-state index in [1.54, 1.807) is 16.5 Å². The second kappa shape index (κ2) is 8.56. The third kappa shape index (κ3) is 4.27. The van der Waals surface area contributed by atoms with Crippen LogP contribution in [-0.4, -0.2) is 31.2 Å². The number of alkyl halides is 2. The number of fused-ring (bicyclic) bond motifs is 3. The molecule has 0 fully saturated rings. The van der Waals surface area contributed by atoms with E-state index in [2.05, 4.69) is 10.9 Å². The monoisotopic (exact) mass is 521 g/mol. The van der Waals surface area contributed by atoms with Gasteiger partial charge in [0.1, 0.15) is 17.2 Å². The van der Waals surface area contributed by atoms with Crippen LogP contribution >= 0.6 is 11.6 Å². The smallest absolute Gasteiger partial charge is 0.387 e. The summed E-state index contributed by atoms with van der Waals surface area (Å²) < 4.78 is 59.5. The molecule has 3 atom stereocenters. The lowest BCUT2D eigenvalue weighted by atomic mass is 9.95. The second-order valence-corrected chi connectivity index (χ2v) is 10.6. The van der Waals surface area contributed by atoms with Gasteiger partial charge in [0.25, 0.3) is 0 Å². The minimum atomic E-state index is -3.05. The average Bonchev–Trinajstić information content (AvgIpc) is 3.30. The highest BCUT2D eigenvalue weighted by Crippen LogP contribution is 2.47. The Morgan fingerprint density at radius 1 is 1.23 bits per heavy atom. The highest BCUT2D eigenvalue weighted by Gasteiger charge is 2.38. The lowest BCUT2D eigenvalue weighted by Gasteiger charge is -2.18. The van der Waals surface area contributed by atoms with Crippen molar-refractivity contribution in [1.29, 1.82) is 0 Å². The normalized spacial score (nSPS) is 19.2. The summed E-state index contributed by atoms with van der Waals surface area (Å²) in [5.74, 6) is 2.22. The number of aliphatic hydroxyl groups is 1. The van der Waals surface area contributed by atoms with Crippen molar-refractivity contribution >= 4 is 32.8 Å². The van der Waals surface area contributed by atoms with Crippen molar-refractivity contribution in [3.05, 3.63) is 82.5 Å². The van der Waals surface area contributed by atoms with Crippen LogP contribution in [-0.2, 0) is 9.71 Å². The molecule has 5 rings (SSSR count). The lowest BCUT2D eigenvalue weighted by molar-refractivity contribution is -0.0506. The van der Waals surface area contributed by atoms with Crippen molar-refractivity contribution in [2.24, 2.45) is 5.14 Å². The molecule has 3 unspecified atom stereocenters. The molecule has 0 aliphatic heterocycles. The summed E-state index contributed by atoms with van der Waals surface area (Å²) in [7, 11) is -2.92. The van der Waals surface area contributed by atoms with E-state index < -0.39 is 34.2 Å². The van der Waals surface area contributed by atoms with Gasteiger partial charge >= 0.3 is 6.61 Å². The van der Waals surface area contributed by atoms with Gasteiger partial charge in [-0.3, -0.25) is 5.14 Å². The molecule has 0 spiro atoms. The summed E-state index contributed by atoms with van der Waals surface area (Å²) >= 11 is 6.15. The van der Waals surface area contributed by atoms with Crippen molar-refractivity contribution in [2.75, 3.05) is 0 Å². The molecule has 0 saturated carbocycles. The van der Waals surface area contributed by atoms with E-state index in [1.165, 1.54) is 42.6 Å². The molecule has 0 saturated heterocycles. The molecule has 11 heteroatoms. The van der Waals surface area contributed by atoms with Crippen LogP contribution < -0.4 is 9.88 Å². The van der Waals surface area contributed by atoms with Crippen molar-refractivity contribution in [3.63, 3.8) is 0 Å². The highest BCUT2D eigenvalue weighted by atomic mass is 35.5. The van der Waals surface area contributed by atoms with E-state index in [-0.39, 0.29) is 23.4 Å². The fraction of sp³-hybridized carbons (Fsp3) is 0.167. The number of pyridine rings is 1. The number of nitrogens with zero attached hydrogens (tertiary/aromatic N) is 2. The third-order valence-electron chi connectivity index (χ3n) is 6.01. The molecule has 0 amide bonds. The van der Waals surface area contributed by atoms with Gasteiger partial charge in [-0.15, -0.1) is 0 Å². The predicted octanol–water partition coefficient (Wildman–Crippen LogP) is 4.91. The predicted molar refractivity (Wildman–Crippen MR) is 128 cm³/mol. The standard InChI is InChI=1S/C24H19ClF3N3O3S/c1-35(29,33)14-5-2-12(3-6-14)17-11-31-21(10-18(17)26)30-22-19(32)9-16(23(22)31)15-8-13(25)4-7-20(15)34-24(27)28/h2-8,10-11,16,19,24,32H,1,9H2,(H2,29,33). The number of hydrogen-bond acceptors (Lipinski definition) is 4. The zero-order valence-electron chi connectivity index (χ0n) is 18.0. The SMILES string of the molecule is C=S(N)(=O)c1ccc(-c2cn3c4c(nc3cc2F)C(O)CC4c2cc(Cl)ccc2OC(F)F)cc1. The van der Waals surface area contributed by atoms with Gasteiger partial charge in [-0.2, -0.15) is 8.78 Å². The molecule has 35 heavy (non-hydrogen) atoms. The minimum absolute atomic E-state index is 0.0686. The minimum Gasteiger partial charge on any atom is -0.435 e. The van der Waals surface area contributed by atoms with E-state index in [0.717, 1.165) is 0 Å². The van der Waals surface area contributed by atoms with Gasteiger partial charge in [-0.1, -0.05) is 23.7 Å². The van der Waals surface area contributed by atoms with Crippen LogP contribution in [0.2, 0.25) is 5.02 Å². The number of imidazole rings is 1. The summed E-state index contributed by atoms with van der Waals surface area (Å²) in [6.45, 7) is -3.05. The second-order valence-electron chi connectivity index (χ2n) is 8.26. The topological polar surface area (TPSA) is 89.9 Å². The van der Waals surface area contributed by atoms with Crippen molar-refractivity contribution < 1.29 is 27.2 Å². The summed E-state index contributed by atoms with van der Waals surface area (Å²) in [6, 6.07) is 11.7. The molecule has 1 aliphatic carbocycles. The van der Waals surface area contributed by atoms with Gasteiger partial charge in [0.05, 0.1) is 27.2 Å². The van der Waals surface area contributed by atoms with Gasteiger partial charge in [0.15, 0.2) is 0 Å². The van der Waals surface area contributed by atoms with E-state index in [4.69, 9.17) is 21.5 Å². The van der Waals surface area contributed by atoms with Crippen LogP contribution in [0.3, 0.4) is 0 Å². The Morgan fingerprint density at radius 3 is 2.60 bits per heavy atom. The molecule has 3 N–H and O–H groups in total. The Kier molecular flexibility index (Phi) is 5.79. The van der Waals surface area contributed by atoms with Gasteiger partial charge in [-0.25, -0.2) is 13.6 Å². The van der Waals surface area contributed by atoms with Gasteiger partial charge in [-0.05, 0) is 48.2 Å². The van der Waals surface area contributed by atoms with E-state index >= 15 is 4.39 Å². The first-order chi connectivity index (χ1) is 16.5. The maximum absolute atomic E-state index is 15.1. The largest absolute Gasteiger partial charge is 0.435 e. The molecule has 182 valence electrons. The lowest BCUT2D eigenvalue weighted by Crippen LogP contribution is -2.11. The Morgan fingerprint density at radius 2 is 1.94 bits per heavy atom. The Hall–Kier alpha value is -3.05. The number of rotatable bonds is 5. The molecule has 2 aromatic heterocycles. The molecule has 4 aromatic rings. The molecule has 0 bridgehead atoms. The van der Waals surface area contributed by atoms with Gasteiger partial charge in [0.2, 0.25) is 0 Å². The number of hydrogen-bond donors (Lipinski definition) is 2. The quantitative estimate of drug-likeness (QED) is 0.365. The zero-order chi connectivity index (χ0) is 25.1. The van der Waals surface area contributed by atoms with Crippen molar-refractivity contribution in [1.82, 2.24) is 9.38 Å². The van der Waals surface area contributed by atoms with Crippen LogP contribution in [0.25, 0.3) is 16.8 Å². The fourth-order valence-electron chi connectivity index (χ4n) is 4.49. The Labute approximate surface area is 203 Å². The number of ether oxygens (including phenoxy) is 1. The third-order valence-corrected chi connectivity index (χ3v) is 7.31. The molecular formula is C24H19ClF3N3O3S. The number of halogens is 4. The molecule has 0 radical (unpaired) electrons. The molecule has 6 nitrogen and oxygen atoms in total. The van der Waals surface area contributed by atoms with Crippen molar-refractivity contribution in [3.8, 4) is 16.9 Å². The first-order valence-electron chi connectivity index (χ1n) is 10.4. The van der Waals surface area contributed by atoms with Crippen LogP contribution in [0.4, 0.5) is 13.2 Å². The molecular weight excluding hydrogens is 503 g/mol. The van der Waals surface area contributed by atoms with E-state index in [1.807, 2.05) is 0 Å². The first kappa shape index (κ1) is 23.7. The van der Waals surface area contributed by atoms with Gasteiger partial charge in [0, 0.05) is 39.2 Å². The maximum Gasteiger partial charge on any atom is 0.387 e. The summed E-state index contributed by atoms with van der Waals surface area (Å²) in [5, 5.41) is 16.6. The highest BCUT2D eigenvalue weighted by molar-refractivity contribution is 7.98. The summed E-state index contributed by atoms with van der Waals surface area (Å²) in [4.78, 5) is 4.71. The number of aliphatic hydroxyl groups excluding tert-OH is 1. The maximum atomic E-state index is 15.1. The fourth-order valence-corrected chi connectivity index (χ4v) is 5.26. The molecule has 2 aromatic carbocycles.